The molecule has 1 aromatic carbocycles. The summed E-state index contributed by atoms with van der Waals surface area (Å²) in [6.45, 7) is 2.45. The lowest BCUT2D eigenvalue weighted by Crippen LogP contribution is -2.34. The third-order valence-corrected chi connectivity index (χ3v) is 7.34. The number of allylic oxidation sites excluding steroid dienone is 4. The monoisotopic (exact) mass is 378 g/mol. The van der Waals surface area contributed by atoms with Crippen LogP contribution in [0, 0.1) is 11.3 Å². The van der Waals surface area contributed by atoms with Crippen molar-refractivity contribution in [2.75, 3.05) is 0 Å². The zero-order valence-electron chi connectivity index (χ0n) is 11.7. The van der Waals surface area contributed by atoms with Gasteiger partial charge in [0.05, 0.1) is 0 Å². The molecular weight excluding hydrogens is 359 g/mol. The third-order valence-electron chi connectivity index (χ3n) is 5.66. The van der Waals surface area contributed by atoms with Crippen LogP contribution in [0.1, 0.15) is 43.2 Å². The van der Waals surface area contributed by atoms with Crippen molar-refractivity contribution >= 4 is 22.6 Å². The predicted molar refractivity (Wildman–Crippen MR) is 90.2 cm³/mol. The maximum Gasteiger partial charge on any atom is 0.115 e. The van der Waals surface area contributed by atoms with Crippen LogP contribution in [-0.2, 0) is 6.42 Å². The van der Waals surface area contributed by atoms with E-state index in [-0.39, 0.29) is 0 Å². The first-order valence-corrected chi connectivity index (χ1v) is 8.55. The van der Waals surface area contributed by atoms with E-state index < -0.39 is 0 Å². The maximum atomic E-state index is 9.68. The van der Waals surface area contributed by atoms with Gasteiger partial charge >= 0.3 is 0 Å². The molecule has 3 atom stereocenters. The molecule has 0 radical (unpaired) electrons. The molecule has 1 aromatic rings. The van der Waals surface area contributed by atoms with Gasteiger partial charge in [-0.2, -0.15) is 0 Å². The first kappa shape index (κ1) is 12.9. The van der Waals surface area contributed by atoms with Crippen LogP contribution >= 0.6 is 22.6 Å². The van der Waals surface area contributed by atoms with Gasteiger partial charge in [-0.3, -0.25) is 0 Å². The summed E-state index contributed by atoms with van der Waals surface area (Å²) >= 11 is 2.55. The molecule has 20 heavy (non-hydrogen) atoms. The summed E-state index contributed by atoms with van der Waals surface area (Å²) in [6.07, 6.45) is 9.63. The van der Waals surface area contributed by atoms with Crippen LogP contribution in [0.2, 0.25) is 0 Å². The van der Waals surface area contributed by atoms with E-state index in [2.05, 4.69) is 47.7 Å². The quantitative estimate of drug-likeness (QED) is 0.492. The van der Waals surface area contributed by atoms with Crippen LogP contribution in [0.15, 0.2) is 39.5 Å². The van der Waals surface area contributed by atoms with E-state index in [1.54, 1.807) is 9.15 Å². The van der Waals surface area contributed by atoms with E-state index in [4.69, 9.17) is 0 Å². The third kappa shape index (κ3) is 1.66. The molecule has 1 saturated carbocycles. The Labute approximate surface area is 133 Å². The average molecular weight is 378 g/mol. The molecule has 0 saturated heterocycles. The molecule has 0 amide bonds. The summed E-state index contributed by atoms with van der Waals surface area (Å²) in [4.78, 5) is 0. The van der Waals surface area contributed by atoms with Gasteiger partial charge in [0, 0.05) is 11.3 Å². The highest BCUT2D eigenvalue weighted by Crippen LogP contribution is 2.60. The molecule has 3 aliphatic carbocycles. The normalized spacial score (nSPS) is 34.7. The molecule has 0 spiro atoms. The van der Waals surface area contributed by atoms with Crippen LogP contribution < -0.4 is 0 Å². The highest BCUT2D eigenvalue weighted by Gasteiger charge is 2.48. The number of fused-ring (bicyclic) bond motifs is 5. The Kier molecular flexibility index (Phi) is 2.82. The SMILES string of the molecule is C[C@]12CC[C@H]3C(=CCc4cc(O)ccc43)[C@@H]1CC=C2I. The Balaban J connectivity index is 1.76. The van der Waals surface area contributed by atoms with E-state index in [0.29, 0.717) is 23.0 Å². The zero-order chi connectivity index (χ0) is 13.9. The predicted octanol–water partition coefficient (Wildman–Crippen LogP) is 5.10. The summed E-state index contributed by atoms with van der Waals surface area (Å²) in [5, 5.41) is 9.68. The van der Waals surface area contributed by atoms with Crippen LogP contribution in [0.3, 0.4) is 0 Å². The number of halogens is 1. The van der Waals surface area contributed by atoms with Gasteiger partial charge in [0.25, 0.3) is 0 Å². The summed E-state index contributed by atoms with van der Waals surface area (Å²) < 4.78 is 1.57. The van der Waals surface area contributed by atoms with Crippen LogP contribution in [-0.4, -0.2) is 5.11 Å². The second-order valence-electron chi connectivity index (χ2n) is 6.64. The van der Waals surface area contributed by atoms with Crippen LogP contribution in [0.5, 0.6) is 5.75 Å². The molecule has 1 N–H and O–H groups in total. The fourth-order valence-corrected chi connectivity index (χ4v) is 5.39. The molecule has 4 rings (SSSR count). The van der Waals surface area contributed by atoms with Crippen molar-refractivity contribution < 1.29 is 5.11 Å². The minimum atomic E-state index is 0.386. The van der Waals surface area contributed by atoms with Gasteiger partial charge in [-0.1, -0.05) is 30.7 Å². The van der Waals surface area contributed by atoms with E-state index in [0.717, 1.165) is 6.42 Å². The maximum absolute atomic E-state index is 9.68. The summed E-state index contributed by atoms with van der Waals surface area (Å²) in [6, 6.07) is 5.96. The van der Waals surface area contributed by atoms with Gasteiger partial charge in [-0.15, -0.1) is 0 Å². The van der Waals surface area contributed by atoms with Gasteiger partial charge in [0.15, 0.2) is 0 Å². The number of rotatable bonds is 0. The summed E-state index contributed by atoms with van der Waals surface area (Å²) in [7, 11) is 0. The molecule has 0 aliphatic heterocycles. The molecule has 0 unspecified atom stereocenters. The van der Waals surface area contributed by atoms with Crippen molar-refractivity contribution in [1.82, 2.24) is 0 Å². The van der Waals surface area contributed by atoms with Gasteiger partial charge in [0.2, 0.25) is 0 Å². The van der Waals surface area contributed by atoms with E-state index in [9.17, 15) is 5.11 Å². The fourth-order valence-electron chi connectivity index (χ4n) is 4.49. The van der Waals surface area contributed by atoms with Crippen molar-refractivity contribution in [2.45, 2.75) is 38.5 Å². The molecular formula is C18H19IO. The Morgan fingerprint density at radius 1 is 1.30 bits per heavy atom. The van der Waals surface area contributed by atoms with E-state index >= 15 is 0 Å². The molecule has 1 fully saturated rings. The Morgan fingerprint density at radius 2 is 2.15 bits per heavy atom. The minimum absolute atomic E-state index is 0.386. The van der Waals surface area contributed by atoms with Crippen molar-refractivity contribution in [3.05, 3.63) is 50.6 Å². The fraction of sp³-hybridized carbons (Fsp3) is 0.444. The van der Waals surface area contributed by atoms with E-state index in [1.807, 2.05) is 12.1 Å². The molecule has 0 heterocycles. The van der Waals surface area contributed by atoms with Crippen molar-refractivity contribution in [1.29, 1.82) is 0 Å². The summed E-state index contributed by atoms with van der Waals surface area (Å²) in [5.41, 5.74) is 4.84. The number of phenols is 1. The lowest BCUT2D eigenvalue weighted by atomic mass is 9.60. The van der Waals surface area contributed by atoms with E-state index in [1.165, 1.54) is 30.4 Å². The van der Waals surface area contributed by atoms with Crippen molar-refractivity contribution in [2.24, 2.45) is 11.3 Å². The van der Waals surface area contributed by atoms with Crippen LogP contribution in [0.4, 0.5) is 0 Å². The first-order valence-electron chi connectivity index (χ1n) is 7.47. The Hall–Kier alpha value is -0.770. The topological polar surface area (TPSA) is 20.2 Å². The lowest BCUT2D eigenvalue weighted by molar-refractivity contribution is 0.230. The highest BCUT2D eigenvalue weighted by molar-refractivity contribution is 14.1. The van der Waals surface area contributed by atoms with Crippen molar-refractivity contribution in [3.63, 3.8) is 0 Å². The molecule has 0 aromatic heterocycles. The number of hydrogen-bond acceptors (Lipinski definition) is 1. The number of benzene rings is 1. The molecule has 0 bridgehead atoms. The Morgan fingerprint density at radius 3 is 3.00 bits per heavy atom. The standard InChI is InChI=1S/C18H19IO/c1-18-9-8-14-13-5-3-12(20)10-11(13)2-4-15(14)16(18)6-7-17(18)19/h3-5,7,10,14,16,20H,2,6,8-9H2,1H3/t14-,16+,18+/m1/s1. The highest BCUT2D eigenvalue weighted by atomic mass is 127. The lowest BCUT2D eigenvalue weighted by Gasteiger charge is -2.45. The minimum Gasteiger partial charge on any atom is -0.508 e. The first-order chi connectivity index (χ1) is 9.59. The van der Waals surface area contributed by atoms with Crippen molar-refractivity contribution in [3.8, 4) is 5.75 Å². The average Bonchev–Trinajstić information content (AvgIpc) is 2.74. The second kappa shape index (κ2) is 4.36. The number of hydrogen-bond donors (Lipinski definition) is 1. The Bertz CT molecular complexity index is 643. The summed E-state index contributed by atoms with van der Waals surface area (Å²) in [5.74, 6) is 1.70. The zero-order valence-corrected chi connectivity index (χ0v) is 13.9. The largest absolute Gasteiger partial charge is 0.508 e. The van der Waals surface area contributed by atoms with Gasteiger partial charge in [0.1, 0.15) is 5.75 Å². The second-order valence-corrected chi connectivity index (χ2v) is 7.80. The molecule has 2 heteroatoms. The van der Waals surface area contributed by atoms with Crippen LogP contribution in [0.25, 0.3) is 0 Å². The van der Waals surface area contributed by atoms with Gasteiger partial charge in [-0.05, 0) is 81.0 Å². The smallest absolute Gasteiger partial charge is 0.115 e. The van der Waals surface area contributed by atoms with Gasteiger partial charge < -0.3 is 5.11 Å². The molecule has 104 valence electrons. The number of aromatic hydroxyl groups is 1. The van der Waals surface area contributed by atoms with Gasteiger partial charge in [-0.25, -0.2) is 0 Å². The molecule has 3 aliphatic rings. The molecule has 1 nitrogen and oxygen atoms in total. The number of phenolic OH excluding ortho intramolecular Hbond substituents is 1.